The Morgan fingerprint density at radius 3 is 2.97 bits per heavy atom. The number of rotatable bonds is 6. The third-order valence-electron chi connectivity index (χ3n) is 6.58. The zero-order valence-corrected chi connectivity index (χ0v) is 17.8. The highest BCUT2D eigenvalue weighted by Crippen LogP contribution is 2.40. The van der Waals surface area contributed by atoms with Crippen LogP contribution in [0.5, 0.6) is 0 Å². The van der Waals surface area contributed by atoms with Crippen LogP contribution in [0.15, 0.2) is 48.7 Å². The number of hydrogen-bond acceptors (Lipinski definition) is 5. The summed E-state index contributed by atoms with van der Waals surface area (Å²) in [6, 6.07) is 14.1. The second kappa shape index (κ2) is 8.32. The molecule has 1 aromatic carbocycles. The minimum Gasteiger partial charge on any atom is -0.384 e. The first-order chi connectivity index (χ1) is 15.1. The lowest BCUT2D eigenvalue weighted by molar-refractivity contribution is -0.0619. The molecule has 1 aliphatic carbocycles. The summed E-state index contributed by atoms with van der Waals surface area (Å²) in [5.41, 5.74) is 8.40. The molecule has 4 atom stereocenters. The van der Waals surface area contributed by atoms with E-state index in [9.17, 15) is 4.79 Å². The standard InChI is InChI=1S/C24H29N5O2/c1-15-14-31-22(17-6-7-23(25)26-10-17)13-29(15)12-19-8-18(19)11-27-24(30)21-9-16-4-2-3-5-20(16)28-21/h2-7,9-10,15,18-19,22,28H,8,11-14H2,1H3,(H2,25,26)(H,27,30)/t15-,18-,19+,22+/m0/s1. The molecule has 31 heavy (non-hydrogen) atoms. The number of benzene rings is 1. The Morgan fingerprint density at radius 1 is 1.29 bits per heavy atom. The van der Waals surface area contributed by atoms with Gasteiger partial charge < -0.3 is 20.8 Å². The molecule has 5 rings (SSSR count). The summed E-state index contributed by atoms with van der Waals surface area (Å²) < 4.78 is 6.05. The van der Waals surface area contributed by atoms with E-state index in [1.165, 1.54) is 0 Å². The molecule has 1 aliphatic heterocycles. The van der Waals surface area contributed by atoms with Gasteiger partial charge in [-0.1, -0.05) is 24.3 Å². The molecule has 1 amide bonds. The van der Waals surface area contributed by atoms with E-state index >= 15 is 0 Å². The first-order valence-corrected chi connectivity index (χ1v) is 11.0. The molecule has 0 spiro atoms. The third kappa shape index (κ3) is 4.43. The van der Waals surface area contributed by atoms with Crippen molar-refractivity contribution in [3.05, 3.63) is 59.9 Å². The van der Waals surface area contributed by atoms with Crippen molar-refractivity contribution >= 4 is 22.6 Å². The zero-order chi connectivity index (χ0) is 21.4. The molecule has 2 aliphatic rings. The molecule has 1 saturated carbocycles. The van der Waals surface area contributed by atoms with Gasteiger partial charge in [-0.05, 0) is 43.4 Å². The molecule has 0 radical (unpaired) electrons. The van der Waals surface area contributed by atoms with Gasteiger partial charge in [0.2, 0.25) is 0 Å². The van der Waals surface area contributed by atoms with Crippen molar-refractivity contribution in [3.8, 4) is 0 Å². The van der Waals surface area contributed by atoms with Gasteiger partial charge in [-0.15, -0.1) is 0 Å². The molecule has 2 fully saturated rings. The molecule has 3 heterocycles. The van der Waals surface area contributed by atoms with Crippen LogP contribution in [-0.2, 0) is 4.74 Å². The van der Waals surface area contributed by atoms with Crippen molar-refractivity contribution in [2.45, 2.75) is 25.5 Å². The first-order valence-electron chi connectivity index (χ1n) is 11.0. The van der Waals surface area contributed by atoms with Gasteiger partial charge in [0.15, 0.2) is 0 Å². The average Bonchev–Trinajstić information content (AvgIpc) is 3.37. The number of aromatic nitrogens is 2. The number of carbonyl (C=O) groups is 1. The number of aromatic amines is 1. The van der Waals surface area contributed by atoms with E-state index in [2.05, 4.69) is 27.1 Å². The van der Waals surface area contributed by atoms with E-state index < -0.39 is 0 Å². The molecule has 4 N–H and O–H groups in total. The lowest BCUT2D eigenvalue weighted by Crippen LogP contribution is -2.46. The lowest BCUT2D eigenvalue weighted by atomic mass is 10.1. The van der Waals surface area contributed by atoms with Gasteiger partial charge >= 0.3 is 0 Å². The van der Waals surface area contributed by atoms with Gasteiger partial charge in [0, 0.05) is 48.3 Å². The van der Waals surface area contributed by atoms with Crippen LogP contribution in [0, 0.1) is 11.8 Å². The number of H-pyrrole nitrogens is 1. The highest BCUT2D eigenvalue weighted by molar-refractivity contribution is 5.97. The average molecular weight is 420 g/mol. The van der Waals surface area contributed by atoms with Crippen molar-refractivity contribution < 1.29 is 9.53 Å². The molecule has 162 valence electrons. The van der Waals surface area contributed by atoms with Crippen LogP contribution in [0.2, 0.25) is 0 Å². The minimum atomic E-state index is -0.0301. The fourth-order valence-electron chi connectivity index (χ4n) is 4.47. The smallest absolute Gasteiger partial charge is 0.267 e. The molecular formula is C24H29N5O2. The van der Waals surface area contributed by atoms with Gasteiger partial charge in [0.25, 0.3) is 5.91 Å². The number of nitrogens with zero attached hydrogens (tertiary/aromatic N) is 2. The number of para-hydroxylation sites is 1. The topological polar surface area (TPSA) is 96.3 Å². The van der Waals surface area contributed by atoms with E-state index in [0.717, 1.165) is 42.5 Å². The molecule has 0 bridgehead atoms. The summed E-state index contributed by atoms with van der Waals surface area (Å²) in [5, 5.41) is 4.17. The number of amides is 1. The van der Waals surface area contributed by atoms with E-state index in [1.54, 1.807) is 0 Å². The number of nitrogens with two attached hydrogens (primary N) is 1. The van der Waals surface area contributed by atoms with Crippen LogP contribution in [0.1, 0.15) is 35.5 Å². The van der Waals surface area contributed by atoms with Crippen LogP contribution >= 0.6 is 0 Å². The fraction of sp³-hybridized carbons (Fsp3) is 0.417. The summed E-state index contributed by atoms with van der Waals surface area (Å²) >= 11 is 0. The molecule has 3 aromatic rings. The Bertz CT molecular complexity index is 1030. The van der Waals surface area contributed by atoms with Gasteiger partial charge in [-0.3, -0.25) is 9.69 Å². The SMILES string of the molecule is C[C@H]1CO[C@@H](c2ccc(N)nc2)CN1C[C@H]1C[C@H]1CNC(=O)c1cc2ccccc2[nH]1. The monoisotopic (exact) mass is 419 g/mol. The summed E-state index contributed by atoms with van der Waals surface area (Å²) in [6.07, 6.45) is 3.00. The van der Waals surface area contributed by atoms with Crippen molar-refractivity contribution in [2.24, 2.45) is 11.8 Å². The highest BCUT2D eigenvalue weighted by atomic mass is 16.5. The lowest BCUT2D eigenvalue weighted by Gasteiger charge is -2.38. The highest BCUT2D eigenvalue weighted by Gasteiger charge is 2.40. The maximum Gasteiger partial charge on any atom is 0.267 e. The summed E-state index contributed by atoms with van der Waals surface area (Å²) in [7, 11) is 0. The molecule has 7 nitrogen and oxygen atoms in total. The van der Waals surface area contributed by atoms with Gasteiger partial charge in [0.05, 0.1) is 12.7 Å². The normalized spacial score (nSPS) is 26.1. The summed E-state index contributed by atoms with van der Waals surface area (Å²) in [4.78, 5) is 22.4. The Balaban J connectivity index is 1.12. The number of fused-ring (bicyclic) bond motifs is 1. The quantitative estimate of drug-likeness (QED) is 0.571. The van der Waals surface area contributed by atoms with Crippen LogP contribution in [0.4, 0.5) is 5.82 Å². The molecule has 0 unspecified atom stereocenters. The zero-order valence-electron chi connectivity index (χ0n) is 17.8. The Labute approximate surface area is 182 Å². The largest absolute Gasteiger partial charge is 0.384 e. The molecular weight excluding hydrogens is 390 g/mol. The van der Waals surface area contributed by atoms with Gasteiger partial charge in [0.1, 0.15) is 11.5 Å². The van der Waals surface area contributed by atoms with Gasteiger partial charge in [-0.25, -0.2) is 4.98 Å². The van der Waals surface area contributed by atoms with Crippen LogP contribution in [-0.4, -0.2) is 53.1 Å². The van der Waals surface area contributed by atoms with Crippen molar-refractivity contribution in [1.29, 1.82) is 0 Å². The number of hydrogen-bond donors (Lipinski definition) is 3. The number of carbonyl (C=O) groups excluding carboxylic acids is 1. The molecule has 2 aromatic heterocycles. The maximum absolute atomic E-state index is 12.5. The van der Waals surface area contributed by atoms with Crippen LogP contribution in [0.25, 0.3) is 10.9 Å². The second-order valence-corrected chi connectivity index (χ2v) is 8.88. The Hall–Kier alpha value is -2.90. The predicted octanol–water partition coefficient (Wildman–Crippen LogP) is 2.97. The van der Waals surface area contributed by atoms with Crippen LogP contribution < -0.4 is 11.1 Å². The number of ether oxygens (including phenoxy) is 1. The Morgan fingerprint density at radius 2 is 2.16 bits per heavy atom. The van der Waals surface area contributed by atoms with Gasteiger partial charge in [-0.2, -0.15) is 0 Å². The number of nitrogens with one attached hydrogen (secondary N) is 2. The van der Waals surface area contributed by atoms with Crippen molar-refractivity contribution in [1.82, 2.24) is 20.2 Å². The number of anilines is 1. The summed E-state index contributed by atoms with van der Waals surface area (Å²) in [6.45, 7) is 5.55. The van der Waals surface area contributed by atoms with E-state index in [-0.39, 0.29) is 12.0 Å². The fourth-order valence-corrected chi connectivity index (χ4v) is 4.47. The van der Waals surface area contributed by atoms with E-state index in [0.29, 0.717) is 36.0 Å². The first kappa shape index (κ1) is 20.0. The second-order valence-electron chi connectivity index (χ2n) is 8.88. The minimum absolute atomic E-state index is 0.0301. The van der Waals surface area contributed by atoms with E-state index in [1.807, 2.05) is 48.7 Å². The molecule has 7 heteroatoms. The molecule has 1 saturated heterocycles. The van der Waals surface area contributed by atoms with Crippen LogP contribution in [0.3, 0.4) is 0 Å². The predicted molar refractivity (Wildman–Crippen MR) is 121 cm³/mol. The Kier molecular flexibility index (Phi) is 5.38. The van der Waals surface area contributed by atoms with E-state index in [4.69, 9.17) is 10.5 Å². The number of morpholine rings is 1. The number of pyridine rings is 1. The number of nitrogen functional groups attached to an aromatic ring is 1. The maximum atomic E-state index is 12.5. The van der Waals surface area contributed by atoms with Crippen molar-refractivity contribution in [3.63, 3.8) is 0 Å². The van der Waals surface area contributed by atoms with Crippen molar-refractivity contribution in [2.75, 3.05) is 32.0 Å². The third-order valence-corrected chi connectivity index (χ3v) is 6.58. The summed E-state index contributed by atoms with van der Waals surface area (Å²) in [5.74, 6) is 1.66.